The third kappa shape index (κ3) is 5.27. The molecule has 7 heteroatoms. The number of urea groups is 1. The van der Waals surface area contributed by atoms with Crippen LogP contribution in [0.4, 0.5) is 4.79 Å². The van der Waals surface area contributed by atoms with E-state index in [1.165, 1.54) is 0 Å². The van der Waals surface area contributed by atoms with Gasteiger partial charge in [-0.3, -0.25) is 0 Å². The highest BCUT2D eigenvalue weighted by Gasteiger charge is 2.18. The molecule has 1 aromatic carbocycles. The summed E-state index contributed by atoms with van der Waals surface area (Å²) in [4.78, 5) is 22.3. The Kier molecular flexibility index (Phi) is 6.31. The molecule has 104 valence electrons. The fourth-order valence-electron chi connectivity index (χ4n) is 1.41. The second kappa shape index (κ2) is 7.75. The average molecular weight is 331 g/mol. The fourth-order valence-corrected chi connectivity index (χ4v) is 1.84. The minimum Gasteiger partial charge on any atom is -0.480 e. The van der Waals surface area contributed by atoms with E-state index in [4.69, 9.17) is 10.2 Å². The molecule has 0 aliphatic rings. The monoisotopic (exact) mass is 330 g/mol. The summed E-state index contributed by atoms with van der Waals surface area (Å²) >= 11 is 3.35. The summed E-state index contributed by atoms with van der Waals surface area (Å²) in [5.41, 5.74) is 0.881. The summed E-state index contributed by atoms with van der Waals surface area (Å²) in [6.07, 6.45) is -0.0300. The van der Waals surface area contributed by atoms with Crippen molar-refractivity contribution >= 4 is 27.9 Å². The first kappa shape index (κ1) is 15.5. The summed E-state index contributed by atoms with van der Waals surface area (Å²) in [6.45, 7) is -0.0276. The predicted octanol–water partition coefficient (Wildman–Crippen LogP) is 1.08. The standard InChI is InChI=1S/C12H15BrN2O4/c13-9-4-2-1-3-8(9)7-14-12(19)15-10(5-6-16)11(17)18/h1-4,10,16H,5-7H2,(H,17,18)(H2,14,15,19). The Labute approximate surface area is 118 Å². The minimum atomic E-state index is -1.18. The number of carbonyl (C=O) groups excluding carboxylic acids is 1. The van der Waals surface area contributed by atoms with Gasteiger partial charge in [-0.25, -0.2) is 9.59 Å². The van der Waals surface area contributed by atoms with E-state index in [1.54, 1.807) is 0 Å². The van der Waals surface area contributed by atoms with Crippen LogP contribution in [0.1, 0.15) is 12.0 Å². The van der Waals surface area contributed by atoms with E-state index < -0.39 is 18.0 Å². The minimum absolute atomic E-state index is 0.0300. The molecule has 0 aliphatic carbocycles. The van der Waals surface area contributed by atoms with Gasteiger partial charge in [-0.05, 0) is 11.6 Å². The van der Waals surface area contributed by atoms with Crippen molar-refractivity contribution in [3.63, 3.8) is 0 Å². The van der Waals surface area contributed by atoms with Crippen molar-refractivity contribution in [2.24, 2.45) is 0 Å². The van der Waals surface area contributed by atoms with E-state index in [0.717, 1.165) is 10.0 Å². The van der Waals surface area contributed by atoms with Gasteiger partial charge in [0.25, 0.3) is 0 Å². The molecule has 0 saturated heterocycles. The molecule has 4 N–H and O–H groups in total. The van der Waals surface area contributed by atoms with E-state index in [1.807, 2.05) is 24.3 Å². The Morgan fingerprint density at radius 2 is 2.00 bits per heavy atom. The number of aliphatic carboxylic acids is 1. The van der Waals surface area contributed by atoms with Crippen LogP contribution in [0.25, 0.3) is 0 Å². The van der Waals surface area contributed by atoms with Gasteiger partial charge in [-0.2, -0.15) is 0 Å². The van der Waals surface area contributed by atoms with E-state index >= 15 is 0 Å². The molecule has 1 atom stereocenters. The molecule has 0 radical (unpaired) electrons. The summed E-state index contributed by atoms with van der Waals surface area (Å²) in [7, 11) is 0. The number of benzene rings is 1. The molecule has 6 nitrogen and oxygen atoms in total. The maximum Gasteiger partial charge on any atom is 0.326 e. The lowest BCUT2D eigenvalue weighted by Gasteiger charge is -2.14. The zero-order valence-electron chi connectivity index (χ0n) is 10.1. The largest absolute Gasteiger partial charge is 0.480 e. The number of hydrogen-bond donors (Lipinski definition) is 4. The average Bonchev–Trinajstić information content (AvgIpc) is 2.37. The van der Waals surface area contributed by atoms with Gasteiger partial charge in [0, 0.05) is 24.0 Å². The molecule has 0 aromatic heterocycles. The molecule has 0 spiro atoms. The summed E-state index contributed by atoms with van der Waals surface area (Å²) < 4.78 is 0.862. The van der Waals surface area contributed by atoms with E-state index in [9.17, 15) is 9.59 Å². The van der Waals surface area contributed by atoms with Crippen molar-refractivity contribution in [1.29, 1.82) is 0 Å². The van der Waals surface area contributed by atoms with Crippen molar-refractivity contribution in [3.8, 4) is 0 Å². The molecule has 1 rings (SSSR count). The van der Waals surface area contributed by atoms with Crippen molar-refractivity contribution in [3.05, 3.63) is 34.3 Å². The van der Waals surface area contributed by atoms with Gasteiger partial charge in [0.2, 0.25) is 0 Å². The number of rotatable bonds is 6. The van der Waals surface area contributed by atoms with Crippen LogP contribution in [0.3, 0.4) is 0 Å². The van der Waals surface area contributed by atoms with Gasteiger partial charge in [0.15, 0.2) is 0 Å². The van der Waals surface area contributed by atoms with E-state index in [2.05, 4.69) is 26.6 Å². The Morgan fingerprint density at radius 1 is 1.32 bits per heavy atom. The van der Waals surface area contributed by atoms with Crippen molar-refractivity contribution < 1.29 is 19.8 Å². The number of amides is 2. The molecule has 19 heavy (non-hydrogen) atoms. The number of carboxylic acids is 1. The van der Waals surface area contributed by atoms with Gasteiger partial charge < -0.3 is 20.8 Å². The second-order valence-corrected chi connectivity index (χ2v) is 4.68. The highest BCUT2D eigenvalue weighted by molar-refractivity contribution is 9.10. The first-order valence-corrected chi connectivity index (χ1v) is 6.45. The SMILES string of the molecule is O=C(NCc1ccccc1Br)NC(CCO)C(=O)O. The molecule has 0 bridgehead atoms. The Hall–Kier alpha value is -1.60. The Bertz CT molecular complexity index is 453. The number of nitrogens with one attached hydrogen (secondary N) is 2. The maximum atomic E-state index is 11.5. The lowest BCUT2D eigenvalue weighted by Crippen LogP contribution is -2.46. The Morgan fingerprint density at radius 3 is 2.58 bits per heavy atom. The van der Waals surface area contributed by atoms with Crippen LogP contribution in [-0.2, 0) is 11.3 Å². The highest BCUT2D eigenvalue weighted by Crippen LogP contribution is 2.15. The second-order valence-electron chi connectivity index (χ2n) is 3.82. The summed E-state index contributed by atoms with van der Waals surface area (Å²) in [5.74, 6) is -1.18. The van der Waals surface area contributed by atoms with Gasteiger partial charge >= 0.3 is 12.0 Å². The molecule has 0 aliphatic heterocycles. The topological polar surface area (TPSA) is 98.7 Å². The van der Waals surface area contributed by atoms with Crippen LogP contribution in [0, 0.1) is 0 Å². The maximum absolute atomic E-state index is 11.5. The molecular weight excluding hydrogens is 316 g/mol. The van der Waals surface area contributed by atoms with Crippen LogP contribution >= 0.6 is 15.9 Å². The molecular formula is C12H15BrN2O4. The van der Waals surface area contributed by atoms with Crippen LogP contribution in [0.5, 0.6) is 0 Å². The lowest BCUT2D eigenvalue weighted by atomic mass is 10.2. The first-order chi connectivity index (χ1) is 9.04. The number of carboxylic acid groups (broad SMARTS) is 1. The Balaban J connectivity index is 2.47. The van der Waals surface area contributed by atoms with Crippen molar-refractivity contribution in [1.82, 2.24) is 10.6 Å². The molecule has 1 aromatic rings. The zero-order valence-corrected chi connectivity index (χ0v) is 11.7. The van der Waals surface area contributed by atoms with Crippen LogP contribution in [-0.4, -0.2) is 34.9 Å². The molecule has 0 heterocycles. The fraction of sp³-hybridized carbons (Fsp3) is 0.333. The number of aliphatic hydroxyl groups is 1. The normalized spacial score (nSPS) is 11.7. The quantitative estimate of drug-likeness (QED) is 0.627. The van der Waals surface area contributed by atoms with Crippen molar-refractivity contribution in [2.45, 2.75) is 19.0 Å². The van der Waals surface area contributed by atoms with Crippen LogP contribution in [0.2, 0.25) is 0 Å². The zero-order chi connectivity index (χ0) is 14.3. The van der Waals surface area contributed by atoms with E-state index in [0.29, 0.717) is 0 Å². The first-order valence-electron chi connectivity index (χ1n) is 5.66. The van der Waals surface area contributed by atoms with Gasteiger partial charge in [0.1, 0.15) is 6.04 Å². The third-order valence-electron chi connectivity index (χ3n) is 2.42. The third-order valence-corrected chi connectivity index (χ3v) is 3.19. The molecule has 1 unspecified atom stereocenters. The smallest absolute Gasteiger partial charge is 0.326 e. The molecule has 0 fully saturated rings. The summed E-state index contributed by atoms with van der Waals surface area (Å²) in [6, 6.07) is 5.70. The predicted molar refractivity (Wildman–Crippen MR) is 72.6 cm³/mol. The van der Waals surface area contributed by atoms with E-state index in [-0.39, 0.29) is 19.6 Å². The van der Waals surface area contributed by atoms with Crippen LogP contribution < -0.4 is 10.6 Å². The number of halogens is 1. The highest BCUT2D eigenvalue weighted by atomic mass is 79.9. The molecule has 2 amide bonds. The number of hydrogen-bond acceptors (Lipinski definition) is 3. The lowest BCUT2D eigenvalue weighted by molar-refractivity contribution is -0.139. The molecule has 0 saturated carbocycles. The van der Waals surface area contributed by atoms with Crippen molar-refractivity contribution in [2.75, 3.05) is 6.61 Å². The number of aliphatic hydroxyl groups excluding tert-OH is 1. The van der Waals surface area contributed by atoms with Gasteiger partial charge in [-0.1, -0.05) is 34.1 Å². The number of carbonyl (C=O) groups is 2. The van der Waals surface area contributed by atoms with Crippen LogP contribution in [0.15, 0.2) is 28.7 Å². The van der Waals surface area contributed by atoms with Gasteiger partial charge in [0.05, 0.1) is 0 Å². The van der Waals surface area contributed by atoms with Gasteiger partial charge in [-0.15, -0.1) is 0 Å². The summed E-state index contributed by atoms with van der Waals surface area (Å²) in [5, 5.41) is 22.4.